The molecule has 2 aliphatic heterocycles. The number of hydrogen-bond donors (Lipinski definition) is 4. The second kappa shape index (κ2) is 17.3. The summed E-state index contributed by atoms with van der Waals surface area (Å²) < 4.78 is 9.35. The van der Waals surface area contributed by atoms with Crippen molar-refractivity contribution in [3.05, 3.63) is 42.7 Å². The van der Waals surface area contributed by atoms with E-state index in [1.807, 2.05) is 32.0 Å². The van der Waals surface area contributed by atoms with E-state index in [-0.39, 0.29) is 35.5 Å². The molecule has 2 fully saturated rings. The average molecular weight is 746 g/mol. The van der Waals surface area contributed by atoms with Crippen molar-refractivity contribution in [1.29, 1.82) is 0 Å². The van der Waals surface area contributed by atoms with Gasteiger partial charge in [0.1, 0.15) is 30.0 Å². The molecule has 3 aromatic rings. The first-order chi connectivity index (χ1) is 25.8. The predicted octanol–water partition coefficient (Wildman–Crippen LogP) is 3.31. The number of fused-ring (bicyclic) bond motifs is 1. The Labute approximate surface area is 312 Å². The molecular weight excluding hydrogens is 698 g/mol. The van der Waals surface area contributed by atoms with Gasteiger partial charge in [-0.25, -0.2) is 24.5 Å². The van der Waals surface area contributed by atoms with E-state index >= 15 is 0 Å². The molecule has 2 aliphatic rings. The number of carbonyl (C=O) groups is 6. The summed E-state index contributed by atoms with van der Waals surface area (Å²) in [6.45, 7) is 8.00. The van der Waals surface area contributed by atoms with Crippen LogP contribution in [0.3, 0.4) is 0 Å². The first kappa shape index (κ1) is 39.3. The summed E-state index contributed by atoms with van der Waals surface area (Å²) >= 11 is 0. The summed E-state index contributed by atoms with van der Waals surface area (Å²) in [5.41, 5.74) is 2.11. The van der Waals surface area contributed by atoms with Gasteiger partial charge in [-0.2, -0.15) is 0 Å². The van der Waals surface area contributed by atoms with Gasteiger partial charge in [0.25, 0.3) is 0 Å². The van der Waals surface area contributed by atoms with Gasteiger partial charge in [-0.1, -0.05) is 33.8 Å². The molecule has 54 heavy (non-hydrogen) atoms. The number of rotatable bonds is 11. The lowest BCUT2D eigenvalue weighted by atomic mass is 10.0. The maximum atomic E-state index is 13.4. The maximum absolute atomic E-state index is 13.4. The summed E-state index contributed by atoms with van der Waals surface area (Å²) in [7, 11) is 2.45. The fourth-order valence-corrected chi connectivity index (χ4v) is 6.68. The molecule has 0 saturated carbocycles. The largest absolute Gasteiger partial charge is 0.453 e. The molecule has 6 amide bonds. The van der Waals surface area contributed by atoms with Gasteiger partial charge in [0.15, 0.2) is 0 Å². The molecule has 17 heteroatoms. The number of nitrogens with one attached hydrogen (secondary N) is 4. The molecule has 4 heterocycles. The smallest absolute Gasteiger partial charge is 0.407 e. The van der Waals surface area contributed by atoms with E-state index < -0.39 is 42.3 Å². The van der Waals surface area contributed by atoms with Crippen LogP contribution in [0, 0.1) is 11.8 Å². The van der Waals surface area contributed by atoms with Crippen molar-refractivity contribution in [1.82, 2.24) is 35.4 Å². The summed E-state index contributed by atoms with van der Waals surface area (Å²) in [6.07, 6.45) is 3.95. The van der Waals surface area contributed by atoms with Crippen LogP contribution in [0.5, 0.6) is 0 Å². The molecule has 1 aromatic carbocycles. The minimum atomic E-state index is -0.842. The molecule has 0 aliphatic carbocycles. The van der Waals surface area contributed by atoms with Gasteiger partial charge in [0, 0.05) is 36.4 Å². The number of likely N-dealkylation sites (tertiary alicyclic amines) is 2. The highest BCUT2D eigenvalue weighted by atomic mass is 16.5. The van der Waals surface area contributed by atoms with Crippen LogP contribution < -0.4 is 21.3 Å². The Morgan fingerprint density at radius 2 is 1.22 bits per heavy atom. The summed E-state index contributed by atoms with van der Waals surface area (Å²) in [5.74, 6) is -1.51. The first-order valence-corrected chi connectivity index (χ1v) is 18.0. The molecule has 4 N–H and O–H groups in total. The number of pyridine rings is 1. The van der Waals surface area contributed by atoms with E-state index in [4.69, 9.17) is 0 Å². The molecule has 4 atom stereocenters. The maximum Gasteiger partial charge on any atom is 0.407 e. The van der Waals surface area contributed by atoms with Crippen molar-refractivity contribution in [2.45, 2.75) is 77.5 Å². The number of anilines is 2. The van der Waals surface area contributed by atoms with E-state index in [0.717, 1.165) is 10.9 Å². The highest BCUT2D eigenvalue weighted by Gasteiger charge is 2.40. The number of benzene rings is 1. The fourth-order valence-electron chi connectivity index (χ4n) is 6.68. The minimum absolute atomic E-state index is 0.0842. The third kappa shape index (κ3) is 9.01. The van der Waals surface area contributed by atoms with Crippen molar-refractivity contribution < 1.29 is 38.2 Å². The molecule has 2 saturated heterocycles. The lowest BCUT2D eigenvalue weighted by molar-refractivity contribution is -0.139. The van der Waals surface area contributed by atoms with Gasteiger partial charge in [0.05, 0.1) is 19.7 Å². The Kier molecular flexibility index (Phi) is 12.6. The lowest BCUT2D eigenvalue weighted by Gasteiger charge is -2.30. The Morgan fingerprint density at radius 1 is 0.704 bits per heavy atom. The number of amides is 6. The fraction of sp³-hybridized carbons (Fsp3) is 0.486. The Bertz CT molecular complexity index is 1890. The monoisotopic (exact) mass is 745 g/mol. The van der Waals surface area contributed by atoms with E-state index in [1.165, 1.54) is 24.0 Å². The van der Waals surface area contributed by atoms with Gasteiger partial charge in [0.2, 0.25) is 29.6 Å². The standard InChI is InChI=1S/C37H47N9O8/c1-20(2)29(42-36(51)53-5)33(49)45-15-7-9-26(45)31(47)41-28-14-12-23-17-22(11-13-25(23)40-28)24-18-38-35(39-19-24)44-32(48)27-10-8-16-46(27)34(50)30(21(3)4)43-37(52)54-6/h11-14,17-21,26-27,29-30H,7-10,15-16H2,1-6H3,(H,42,51)(H,43,52)(H,40,41,47)(H,38,39,44,48). The molecule has 288 valence electrons. The second-order valence-electron chi connectivity index (χ2n) is 14.0. The third-order valence-corrected chi connectivity index (χ3v) is 9.62. The van der Waals surface area contributed by atoms with E-state index in [2.05, 4.69) is 45.7 Å². The van der Waals surface area contributed by atoms with Crippen LogP contribution in [0.15, 0.2) is 42.7 Å². The van der Waals surface area contributed by atoms with Crippen LogP contribution in [-0.4, -0.2) is 112 Å². The number of carbonyl (C=O) groups excluding carboxylic acids is 6. The SMILES string of the molecule is COC(=O)NC(C(=O)N1CCCC1C(=O)Nc1ccc2cc(-c3cnc(NC(=O)C4CCCN4C(=O)C(NC(=O)OC)C(C)C)nc3)ccc2n1)C(C)C. The van der Waals surface area contributed by atoms with Crippen molar-refractivity contribution in [3.8, 4) is 11.1 Å². The van der Waals surface area contributed by atoms with Gasteiger partial charge >= 0.3 is 12.2 Å². The number of nitrogens with zero attached hydrogens (tertiary/aromatic N) is 5. The van der Waals surface area contributed by atoms with Crippen LogP contribution in [0.2, 0.25) is 0 Å². The molecule has 5 rings (SSSR count). The van der Waals surface area contributed by atoms with E-state index in [9.17, 15) is 28.8 Å². The van der Waals surface area contributed by atoms with Crippen LogP contribution >= 0.6 is 0 Å². The van der Waals surface area contributed by atoms with Gasteiger partial charge in [-0.15, -0.1) is 0 Å². The zero-order chi connectivity index (χ0) is 39.1. The Hall–Kier alpha value is -5.87. The van der Waals surface area contributed by atoms with Gasteiger partial charge in [-0.05, 0) is 67.3 Å². The molecule has 0 bridgehead atoms. The minimum Gasteiger partial charge on any atom is -0.453 e. The Balaban J connectivity index is 1.21. The van der Waals surface area contributed by atoms with Crippen molar-refractivity contribution in [2.75, 3.05) is 37.9 Å². The number of ether oxygens (including phenoxy) is 2. The average Bonchev–Trinajstić information content (AvgIpc) is 3.86. The summed E-state index contributed by atoms with van der Waals surface area (Å²) in [4.78, 5) is 93.2. The lowest BCUT2D eigenvalue weighted by Crippen LogP contribution is -2.54. The van der Waals surface area contributed by atoms with Gasteiger partial charge in [-0.3, -0.25) is 24.5 Å². The molecule has 0 radical (unpaired) electrons. The van der Waals surface area contributed by atoms with Crippen LogP contribution in [0.1, 0.15) is 53.4 Å². The summed E-state index contributed by atoms with van der Waals surface area (Å²) in [5, 5.41) is 11.5. The molecule has 2 aromatic heterocycles. The number of methoxy groups -OCH3 is 2. The third-order valence-electron chi connectivity index (χ3n) is 9.62. The molecule has 4 unspecified atom stereocenters. The zero-order valence-electron chi connectivity index (χ0n) is 31.3. The highest BCUT2D eigenvalue weighted by molar-refractivity contribution is 5.99. The number of alkyl carbamates (subject to hydrolysis) is 2. The zero-order valence-corrected chi connectivity index (χ0v) is 31.3. The normalized spacial score (nSPS) is 17.9. The van der Waals surface area contributed by atoms with E-state index in [1.54, 1.807) is 38.4 Å². The van der Waals surface area contributed by atoms with E-state index in [0.29, 0.717) is 55.7 Å². The second-order valence-corrected chi connectivity index (χ2v) is 14.0. The van der Waals surface area contributed by atoms with Crippen molar-refractivity contribution in [2.24, 2.45) is 11.8 Å². The van der Waals surface area contributed by atoms with Crippen LogP contribution in [0.4, 0.5) is 21.4 Å². The molecular formula is C37H47N9O8. The molecule has 0 spiro atoms. The predicted molar refractivity (Wildman–Crippen MR) is 198 cm³/mol. The number of hydrogen-bond acceptors (Lipinski definition) is 11. The van der Waals surface area contributed by atoms with Crippen molar-refractivity contribution in [3.63, 3.8) is 0 Å². The number of aromatic nitrogens is 3. The summed E-state index contributed by atoms with van der Waals surface area (Å²) in [6, 6.07) is 5.92. The first-order valence-electron chi connectivity index (χ1n) is 18.0. The highest BCUT2D eigenvalue weighted by Crippen LogP contribution is 2.27. The molecule has 17 nitrogen and oxygen atoms in total. The van der Waals surface area contributed by atoms with Crippen LogP contribution in [-0.2, 0) is 28.7 Å². The van der Waals surface area contributed by atoms with Crippen molar-refractivity contribution >= 4 is 58.5 Å². The quantitative estimate of drug-likeness (QED) is 0.223. The van der Waals surface area contributed by atoms with Gasteiger partial charge < -0.3 is 35.2 Å². The Morgan fingerprint density at radius 3 is 1.72 bits per heavy atom. The van der Waals surface area contributed by atoms with Crippen LogP contribution in [0.25, 0.3) is 22.0 Å². The topological polar surface area (TPSA) is 214 Å².